The van der Waals surface area contributed by atoms with Crippen LogP contribution in [-0.4, -0.2) is 31.2 Å². The maximum Gasteiger partial charge on any atom is 0.0642 e. The molecule has 1 unspecified atom stereocenters. The van der Waals surface area contributed by atoms with Gasteiger partial charge in [-0.15, -0.1) is 0 Å². The molecule has 2 aliphatic rings. The molecule has 0 saturated carbocycles. The van der Waals surface area contributed by atoms with Gasteiger partial charge in [0.1, 0.15) is 0 Å². The SMILES string of the molecule is CC1C(N2CCOCC2)=Cc2ccc(Cl)cc21. The van der Waals surface area contributed by atoms with Gasteiger partial charge < -0.3 is 9.64 Å². The van der Waals surface area contributed by atoms with E-state index in [4.69, 9.17) is 16.3 Å². The second-order valence-corrected chi connectivity index (χ2v) is 5.10. The van der Waals surface area contributed by atoms with Crippen molar-refractivity contribution in [1.82, 2.24) is 4.90 Å². The largest absolute Gasteiger partial charge is 0.378 e. The first-order valence-electron chi connectivity index (χ1n) is 6.09. The van der Waals surface area contributed by atoms with Crippen molar-refractivity contribution in [2.24, 2.45) is 0 Å². The van der Waals surface area contributed by atoms with Crippen molar-refractivity contribution in [2.75, 3.05) is 26.3 Å². The molecule has 1 fully saturated rings. The van der Waals surface area contributed by atoms with Gasteiger partial charge in [-0.1, -0.05) is 24.6 Å². The highest BCUT2D eigenvalue weighted by Crippen LogP contribution is 2.38. The molecule has 1 heterocycles. The summed E-state index contributed by atoms with van der Waals surface area (Å²) in [6, 6.07) is 6.17. The minimum absolute atomic E-state index is 0.446. The summed E-state index contributed by atoms with van der Waals surface area (Å²) in [4.78, 5) is 2.43. The molecule has 0 N–H and O–H groups in total. The normalized spacial score (nSPS) is 23.5. The monoisotopic (exact) mass is 249 g/mol. The van der Waals surface area contributed by atoms with Gasteiger partial charge in [0.25, 0.3) is 0 Å². The minimum atomic E-state index is 0.446. The van der Waals surface area contributed by atoms with Crippen molar-refractivity contribution in [3.63, 3.8) is 0 Å². The Kier molecular flexibility index (Phi) is 2.85. The molecule has 0 radical (unpaired) electrons. The molecule has 1 aromatic rings. The van der Waals surface area contributed by atoms with E-state index in [-0.39, 0.29) is 0 Å². The lowest BCUT2D eigenvalue weighted by Crippen LogP contribution is -2.36. The van der Waals surface area contributed by atoms with Gasteiger partial charge in [-0.2, -0.15) is 0 Å². The third-order valence-corrected chi connectivity index (χ3v) is 3.87. The third-order valence-electron chi connectivity index (χ3n) is 3.64. The fourth-order valence-electron chi connectivity index (χ4n) is 2.68. The molecule has 2 nitrogen and oxygen atoms in total. The highest BCUT2D eigenvalue weighted by molar-refractivity contribution is 6.30. The molecule has 90 valence electrons. The van der Waals surface area contributed by atoms with E-state index in [0.717, 1.165) is 31.3 Å². The van der Waals surface area contributed by atoms with Crippen molar-refractivity contribution >= 4 is 17.7 Å². The number of allylic oxidation sites excluding steroid dienone is 1. The van der Waals surface area contributed by atoms with Gasteiger partial charge in [0.15, 0.2) is 0 Å². The summed E-state index contributed by atoms with van der Waals surface area (Å²) in [7, 11) is 0. The molecule has 1 atom stereocenters. The summed E-state index contributed by atoms with van der Waals surface area (Å²) in [5, 5.41) is 0.826. The van der Waals surface area contributed by atoms with Gasteiger partial charge in [0.2, 0.25) is 0 Å². The van der Waals surface area contributed by atoms with Gasteiger partial charge in [-0.3, -0.25) is 0 Å². The van der Waals surface area contributed by atoms with E-state index < -0.39 is 0 Å². The zero-order chi connectivity index (χ0) is 11.8. The van der Waals surface area contributed by atoms with Crippen LogP contribution in [-0.2, 0) is 4.74 Å². The van der Waals surface area contributed by atoms with E-state index in [1.807, 2.05) is 6.07 Å². The lowest BCUT2D eigenvalue weighted by atomic mass is 10.0. The predicted molar refractivity (Wildman–Crippen MR) is 70.2 cm³/mol. The summed E-state index contributed by atoms with van der Waals surface area (Å²) < 4.78 is 5.40. The molecule has 0 spiro atoms. The van der Waals surface area contributed by atoms with E-state index in [1.165, 1.54) is 16.8 Å². The fraction of sp³-hybridized carbons (Fsp3) is 0.429. The molecule has 0 aromatic heterocycles. The van der Waals surface area contributed by atoms with Crippen LogP contribution in [0.25, 0.3) is 6.08 Å². The first-order chi connectivity index (χ1) is 8.25. The van der Waals surface area contributed by atoms with Crippen molar-refractivity contribution in [3.05, 3.63) is 40.0 Å². The van der Waals surface area contributed by atoms with Gasteiger partial charge in [-0.05, 0) is 29.3 Å². The Morgan fingerprint density at radius 1 is 1.29 bits per heavy atom. The van der Waals surface area contributed by atoms with Crippen molar-refractivity contribution in [2.45, 2.75) is 12.8 Å². The van der Waals surface area contributed by atoms with Crippen LogP contribution in [0.2, 0.25) is 5.02 Å². The lowest BCUT2D eigenvalue weighted by Gasteiger charge is -2.32. The van der Waals surface area contributed by atoms with Crippen LogP contribution in [0, 0.1) is 0 Å². The number of fused-ring (bicyclic) bond motifs is 1. The topological polar surface area (TPSA) is 12.5 Å². The average molecular weight is 250 g/mol. The smallest absolute Gasteiger partial charge is 0.0642 e. The number of ether oxygens (including phenoxy) is 1. The Morgan fingerprint density at radius 2 is 2.06 bits per heavy atom. The quantitative estimate of drug-likeness (QED) is 0.758. The number of morpholine rings is 1. The average Bonchev–Trinajstić information content (AvgIpc) is 2.68. The van der Waals surface area contributed by atoms with E-state index >= 15 is 0 Å². The summed E-state index contributed by atoms with van der Waals surface area (Å²) in [5.74, 6) is 0.446. The number of rotatable bonds is 1. The van der Waals surface area contributed by atoms with Crippen LogP contribution in [0.15, 0.2) is 23.9 Å². The maximum atomic E-state index is 6.07. The Hall–Kier alpha value is -0.990. The maximum absolute atomic E-state index is 6.07. The predicted octanol–water partition coefficient (Wildman–Crippen LogP) is 3.13. The molecular formula is C14H16ClNO. The second kappa shape index (κ2) is 4.35. The molecule has 0 bridgehead atoms. The number of halogens is 1. The first-order valence-corrected chi connectivity index (χ1v) is 6.47. The van der Waals surface area contributed by atoms with Crippen LogP contribution in [0.3, 0.4) is 0 Å². The molecule has 1 aliphatic carbocycles. The van der Waals surface area contributed by atoms with Crippen LogP contribution in [0.4, 0.5) is 0 Å². The van der Waals surface area contributed by atoms with Gasteiger partial charge in [0, 0.05) is 29.7 Å². The van der Waals surface area contributed by atoms with Crippen molar-refractivity contribution in [1.29, 1.82) is 0 Å². The summed E-state index contributed by atoms with van der Waals surface area (Å²) in [6.45, 7) is 5.92. The van der Waals surface area contributed by atoms with Crippen molar-refractivity contribution in [3.8, 4) is 0 Å². The first kappa shape index (κ1) is 11.1. The Bertz CT molecular complexity index is 463. The number of hydrogen-bond acceptors (Lipinski definition) is 2. The number of hydrogen-bond donors (Lipinski definition) is 0. The zero-order valence-electron chi connectivity index (χ0n) is 9.95. The van der Waals surface area contributed by atoms with E-state index in [2.05, 4.69) is 30.0 Å². The Morgan fingerprint density at radius 3 is 2.82 bits per heavy atom. The van der Waals surface area contributed by atoms with Crippen molar-refractivity contribution < 1.29 is 4.74 Å². The fourth-order valence-corrected chi connectivity index (χ4v) is 2.86. The van der Waals surface area contributed by atoms with E-state index in [1.54, 1.807) is 0 Å². The lowest BCUT2D eigenvalue weighted by molar-refractivity contribution is 0.0520. The van der Waals surface area contributed by atoms with E-state index in [9.17, 15) is 0 Å². The van der Waals surface area contributed by atoms with Gasteiger partial charge >= 0.3 is 0 Å². The third kappa shape index (κ3) is 1.96. The highest BCUT2D eigenvalue weighted by atomic mass is 35.5. The molecular weight excluding hydrogens is 234 g/mol. The minimum Gasteiger partial charge on any atom is -0.378 e. The number of nitrogens with zero attached hydrogens (tertiary/aromatic N) is 1. The molecule has 1 saturated heterocycles. The molecule has 3 heteroatoms. The summed E-state index contributed by atoms with van der Waals surface area (Å²) in [5.41, 5.74) is 4.06. The molecule has 1 aliphatic heterocycles. The molecule has 0 amide bonds. The van der Waals surface area contributed by atoms with Gasteiger partial charge in [0.05, 0.1) is 13.2 Å². The summed E-state index contributed by atoms with van der Waals surface area (Å²) in [6.07, 6.45) is 2.29. The van der Waals surface area contributed by atoms with Crippen LogP contribution in [0.5, 0.6) is 0 Å². The molecule has 3 rings (SSSR count). The molecule has 17 heavy (non-hydrogen) atoms. The van der Waals surface area contributed by atoms with E-state index in [0.29, 0.717) is 5.92 Å². The summed E-state index contributed by atoms with van der Waals surface area (Å²) >= 11 is 6.07. The van der Waals surface area contributed by atoms with Crippen LogP contribution < -0.4 is 0 Å². The van der Waals surface area contributed by atoms with Crippen LogP contribution >= 0.6 is 11.6 Å². The standard InChI is InChI=1S/C14H16ClNO/c1-10-13-9-12(15)3-2-11(13)8-14(10)16-4-6-17-7-5-16/h2-3,8-10H,4-7H2,1H3. The highest BCUT2D eigenvalue weighted by Gasteiger charge is 2.26. The second-order valence-electron chi connectivity index (χ2n) is 4.66. The zero-order valence-corrected chi connectivity index (χ0v) is 10.7. The van der Waals surface area contributed by atoms with Crippen LogP contribution in [0.1, 0.15) is 24.0 Å². The number of benzene rings is 1. The Labute approximate surface area is 107 Å². The molecule has 1 aromatic carbocycles. The van der Waals surface area contributed by atoms with Gasteiger partial charge in [-0.25, -0.2) is 0 Å². The Balaban J connectivity index is 1.90.